The van der Waals surface area contributed by atoms with Gasteiger partial charge in [-0.3, -0.25) is 0 Å². The van der Waals surface area contributed by atoms with E-state index in [1.807, 2.05) is 72.8 Å². The maximum absolute atomic E-state index is 6.32. The average molecular weight is 700 g/mol. The Labute approximate surface area is 297 Å². The van der Waals surface area contributed by atoms with Crippen molar-refractivity contribution in [1.82, 2.24) is 9.97 Å². The number of ether oxygens (including phenoxy) is 2. The van der Waals surface area contributed by atoms with Crippen molar-refractivity contribution >= 4 is 101 Å². The lowest BCUT2D eigenvalue weighted by atomic mass is 10.1. The van der Waals surface area contributed by atoms with Crippen LogP contribution in [0, 0.1) is 0 Å². The molecular formula is C40H28Cl2N4O2S. The number of hydrogen-bond acceptors (Lipinski definition) is 7. The number of methoxy groups -OCH3 is 2. The van der Waals surface area contributed by atoms with Gasteiger partial charge in [-0.25, -0.2) is 9.97 Å². The highest BCUT2D eigenvalue weighted by molar-refractivity contribution is 7.99. The molecule has 0 radical (unpaired) electrons. The molecule has 0 aliphatic rings. The zero-order chi connectivity index (χ0) is 33.5. The molecule has 0 aliphatic heterocycles. The Balaban J connectivity index is 1.04. The zero-order valence-corrected chi connectivity index (χ0v) is 28.8. The molecule has 240 valence electrons. The summed E-state index contributed by atoms with van der Waals surface area (Å²) >= 11 is 14.3. The molecule has 0 amide bonds. The third-order valence-electron chi connectivity index (χ3n) is 8.37. The summed E-state index contributed by atoms with van der Waals surface area (Å²) in [5.74, 6) is 1.54. The normalized spacial score (nSPS) is 11.3. The number of rotatable bonds is 8. The Kier molecular flexibility index (Phi) is 8.25. The van der Waals surface area contributed by atoms with Gasteiger partial charge in [-0.05, 0) is 121 Å². The van der Waals surface area contributed by atoms with Crippen LogP contribution in [0.15, 0.2) is 131 Å². The Bertz CT molecular complexity index is 2350. The van der Waals surface area contributed by atoms with Crippen LogP contribution in [-0.4, -0.2) is 24.2 Å². The summed E-state index contributed by atoms with van der Waals surface area (Å²) in [6.07, 6.45) is 0. The van der Waals surface area contributed by atoms with E-state index in [9.17, 15) is 0 Å². The lowest BCUT2D eigenvalue weighted by Crippen LogP contribution is -1.96. The molecule has 6 aromatic carbocycles. The average Bonchev–Trinajstić information content (AvgIpc) is 3.12. The fraction of sp³-hybridized carbons (Fsp3) is 0.0500. The Morgan fingerprint density at radius 3 is 1.31 bits per heavy atom. The van der Waals surface area contributed by atoms with Crippen molar-refractivity contribution in [3.8, 4) is 11.5 Å². The van der Waals surface area contributed by atoms with Crippen molar-refractivity contribution in [2.45, 2.75) is 9.79 Å². The minimum absolute atomic E-state index is 0.648. The second-order valence-electron chi connectivity index (χ2n) is 11.5. The van der Waals surface area contributed by atoms with E-state index in [1.54, 1.807) is 26.0 Å². The van der Waals surface area contributed by atoms with Crippen LogP contribution < -0.4 is 20.1 Å². The third-order valence-corrected chi connectivity index (χ3v) is 9.86. The van der Waals surface area contributed by atoms with E-state index in [-0.39, 0.29) is 0 Å². The van der Waals surface area contributed by atoms with Gasteiger partial charge in [-0.1, -0.05) is 35.0 Å². The van der Waals surface area contributed by atoms with Crippen LogP contribution in [0.25, 0.3) is 43.6 Å². The lowest BCUT2D eigenvalue weighted by molar-refractivity contribution is 0.415. The summed E-state index contributed by atoms with van der Waals surface area (Å²) < 4.78 is 11.0. The van der Waals surface area contributed by atoms with E-state index in [1.165, 1.54) is 0 Å². The SMILES string of the molecule is COc1ccc2nc3cc(Cl)ccc3c(Nc3ccc(Sc4ccc(Nc5c6ccc(Cl)cc6nc6ccc(OC)cc56)cc4)cc3)c2c1. The molecule has 9 heteroatoms. The maximum Gasteiger partial charge on any atom is 0.119 e. The van der Waals surface area contributed by atoms with E-state index in [0.717, 1.165) is 87.7 Å². The van der Waals surface area contributed by atoms with Crippen molar-refractivity contribution in [1.29, 1.82) is 0 Å². The van der Waals surface area contributed by atoms with Gasteiger partial charge in [0.1, 0.15) is 11.5 Å². The van der Waals surface area contributed by atoms with Crippen LogP contribution in [-0.2, 0) is 0 Å². The van der Waals surface area contributed by atoms with Crippen LogP contribution in [0.1, 0.15) is 0 Å². The second kappa shape index (κ2) is 13.0. The number of pyridine rings is 2. The molecule has 2 heterocycles. The van der Waals surface area contributed by atoms with Crippen molar-refractivity contribution in [3.63, 3.8) is 0 Å². The van der Waals surface area contributed by atoms with Crippen LogP contribution in [0.3, 0.4) is 0 Å². The van der Waals surface area contributed by atoms with Gasteiger partial charge in [0, 0.05) is 52.8 Å². The molecule has 0 atom stereocenters. The number of fused-ring (bicyclic) bond motifs is 4. The van der Waals surface area contributed by atoms with Crippen molar-refractivity contribution < 1.29 is 9.47 Å². The maximum atomic E-state index is 6.32. The molecule has 0 fully saturated rings. The first-order valence-electron chi connectivity index (χ1n) is 15.5. The number of nitrogens with zero attached hydrogens (tertiary/aromatic N) is 2. The number of aromatic nitrogens is 2. The molecule has 0 bridgehead atoms. The van der Waals surface area contributed by atoms with Gasteiger partial charge < -0.3 is 20.1 Å². The highest BCUT2D eigenvalue weighted by Gasteiger charge is 2.14. The summed E-state index contributed by atoms with van der Waals surface area (Å²) in [5.41, 5.74) is 7.20. The fourth-order valence-electron chi connectivity index (χ4n) is 5.95. The van der Waals surface area contributed by atoms with Crippen molar-refractivity contribution in [3.05, 3.63) is 131 Å². The van der Waals surface area contributed by atoms with Crippen LogP contribution >= 0.6 is 35.0 Å². The number of hydrogen-bond donors (Lipinski definition) is 2. The summed E-state index contributed by atoms with van der Waals surface area (Å²) in [4.78, 5) is 11.9. The molecule has 0 spiro atoms. The largest absolute Gasteiger partial charge is 0.497 e. The number of nitrogens with one attached hydrogen (secondary N) is 2. The molecule has 8 rings (SSSR count). The molecule has 0 saturated heterocycles. The number of benzene rings is 6. The van der Waals surface area contributed by atoms with Gasteiger partial charge in [-0.2, -0.15) is 0 Å². The first-order chi connectivity index (χ1) is 23.9. The minimum Gasteiger partial charge on any atom is -0.497 e. The topological polar surface area (TPSA) is 68.3 Å². The predicted octanol–water partition coefficient (Wildman–Crippen LogP) is 12.1. The summed E-state index contributed by atoms with van der Waals surface area (Å²) in [6, 6.07) is 40.2. The molecule has 2 N–H and O–H groups in total. The standard InChI is InChI=1S/C40H28Cl2N4O2S/c1-47-27-9-17-35-33(21-27)39(31-15-3-23(41)19-37(31)45-35)43-25-5-11-29(12-6-25)49-30-13-7-26(8-14-30)44-40-32-16-4-24(42)20-38(32)46-36-18-10-28(48-2)22-34(36)40/h3-22H,1-2H3,(H,43,45)(H,44,46). The molecule has 6 nitrogen and oxygen atoms in total. The van der Waals surface area contributed by atoms with Crippen molar-refractivity contribution in [2.75, 3.05) is 24.9 Å². The summed E-state index contributed by atoms with van der Waals surface area (Å²) in [6.45, 7) is 0. The van der Waals surface area contributed by atoms with Gasteiger partial charge in [0.25, 0.3) is 0 Å². The first-order valence-corrected chi connectivity index (χ1v) is 17.1. The number of anilines is 4. The Morgan fingerprint density at radius 1 is 0.469 bits per heavy atom. The highest BCUT2D eigenvalue weighted by Crippen LogP contribution is 2.39. The van der Waals surface area contributed by atoms with E-state index < -0.39 is 0 Å². The number of halogens is 2. The van der Waals surface area contributed by atoms with E-state index in [0.29, 0.717) is 10.0 Å². The van der Waals surface area contributed by atoms with Crippen LogP contribution in [0.2, 0.25) is 10.0 Å². The molecule has 0 unspecified atom stereocenters. The molecule has 0 saturated carbocycles. The van der Waals surface area contributed by atoms with Gasteiger partial charge in [-0.15, -0.1) is 0 Å². The van der Waals surface area contributed by atoms with E-state index >= 15 is 0 Å². The Hall–Kier alpha value is -5.21. The minimum atomic E-state index is 0.648. The monoisotopic (exact) mass is 698 g/mol. The molecular weight excluding hydrogens is 671 g/mol. The second-order valence-corrected chi connectivity index (χ2v) is 13.5. The quantitative estimate of drug-likeness (QED) is 0.153. The smallest absolute Gasteiger partial charge is 0.119 e. The lowest BCUT2D eigenvalue weighted by Gasteiger charge is -2.15. The fourth-order valence-corrected chi connectivity index (χ4v) is 7.10. The van der Waals surface area contributed by atoms with Gasteiger partial charge >= 0.3 is 0 Å². The molecule has 49 heavy (non-hydrogen) atoms. The molecule has 2 aromatic heterocycles. The summed E-state index contributed by atoms with van der Waals surface area (Å²) in [7, 11) is 3.34. The zero-order valence-electron chi connectivity index (χ0n) is 26.4. The van der Waals surface area contributed by atoms with Gasteiger partial charge in [0.05, 0.1) is 47.7 Å². The Morgan fingerprint density at radius 2 is 0.898 bits per heavy atom. The van der Waals surface area contributed by atoms with Gasteiger partial charge in [0.15, 0.2) is 0 Å². The highest BCUT2D eigenvalue weighted by atomic mass is 35.5. The third kappa shape index (κ3) is 6.24. The molecule has 0 aliphatic carbocycles. The van der Waals surface area contributed by atoms with Crippen LogP contribution in [0.5, 0.6) is 11.5 Å². The van der Waals surface area contributed by atoms with E-state index in [2.05, 4.69) is 59.2 Å². The first kappa shape index (κ1) is 31.1. The predicted molar refractivity (Wildman–Crippen MR) is 205 cm³/mol. The van der Waals surface area contributed by atoms with Crippen molar-refractivity contribution in [2.24, 2.45) is 0 Å². The summed E-state index contributed by atoms with van der Waals surface area (Å²) in [5, 5.41) is 12.5. The van der Waals surface area contributed by atoms with Crippen LogP contribution in [0.4, 0.5) is 22.7 Å². The van der Waals surface area contributed by atoms with Gasteiger partial charge in [0.2, 0.25) is 0 Å². The van der Waals surface area contributed by atoms with E-state index in [4.69, 9.17) is 42.6 Å². The molecule has 8 aromatic rings.